The third kappa shape index (κ3) is 2.39. The molecule has 1 aromatic carbocycles. The average Bonchev–Trinajstić information content (AvgIpc) is 2.11. The lowest BCUT2D eigenvalue weighted by molar-refractivity contribution is 0.469. The van der Waals surface area contributed by atoms with Gasteiger partial charge in [-0.2, -0.15) is 0 Å². The molecule has 0 atom stereocenters. The molecule has 1 rings (SSSR count). The standard InChI is InChI=1S/C10H15NOS/c1-7-5-10(13-2)8(3-4-11)6-9(7)12/h5-6,12H,3-4,11H2,1-2H3. The second kappa shape index (κ2) is 4.53. The van der Waals surface area contributed by atoms with Crippen molar-refractivity contribution < 1.29 is 5.11 Å². The van der Waals surface area contributed by atoms with Crippen LogP contribution >= 0.6 is 11.8 Å². The van der Waals surface area contributed by atoms with E-state index < -0.39 is 0 Å². The summed E-state index contributed by atoms with van der Waals surface area (Å²) in [4.78, 5) is 1.21. The maximum absolute atomic E-state index is 9.50. The summed E-state index contributed by atoms with van der Waals surface area (Å²) in [5.74, 6) is 0.362. The van der Waals surface area contributed by atoms with Gasteiger partial charge in [-0.05, 0) is 49.4 Å². The number of rotatable bonds is 3. The highest BCUT2D eigenvalue weighted by Gasteiger charge is 2.04. The number of nitrogens with two attached hydrogens (primary N) is 1. The minimum atomic E-state index is 0.362. The molecule has 0 aliphatic carbocycles. The lowest BCUT2D eigenvalue weighted by Crippen LogP contribution is -2.03. The number of thioether (sulfide) groups is 1. The topological polar surface area (TPSA) is 46.2 Å². The van der Waals surface area contributed by atoms with Gasteiger partial charge < -0.3 is 10.8 Å². The van der Waals surface area contributed by atoms with E-state index in [1.54, 1.807) is 11.8 Å². The molecule has 0 bridgehead atoms. The van der Waals surface area contributed by atoms with Crippen molar-refractivity contribution in [3.05, 3.63) is 23.3 Å². The number of benzene rings is 1. The van der Waals surface area contributed by atoms with Crippen LogP contribution in [-0.2, 0) is 6.42 Å². The Morgan fingerprint density at radius 1 is 1.46 bits per heavy atom. The zero-order valence-corrected chi connectivity index (χ0v) is 8.82. The van der Waals surface area contributed by atoms with Gasteiger partial charge in [0.15, 0.2) is 0 Å². The molecule has 3 heteroatoms. The van der Waals surface area contributed by atoms with Crippen LogP contribution in [0.3, 0.4) is 0 Å². The van der Waals surface area contributed by atoms with Crippen molar-refractivity contribution in [3.8, 4) is 5.75 Å². The molecule has 0 aromatic heterocycles. The van der Waals surface area contributed by atoms with E-state index in [0.717, 1.165) is 17.5 Å². The SMILES string of the molecule is CSc1cc(C)c(O)cc1CCN. The molecular formula is C10H15NOS. The Morgan fingerprint density at radius 2 is 2.15 bits per heavy atom. The van der Waals surface area contributed by atoms with Crippen molar-refractivity contribution in [1.29, 1.82) is 0 Å². The maximum Gasteiger partial charge on any atom is 0.118 e. The van der Waals surface area contributed by atoms with Crippen LogP contribution in [0.25, 0.3) is 0 Å². The number of hydrogen-bond acceptors (Lipinski definition) is 3. The molecule has 1 aromatic rings. The lowest BCUT2D eigenvalue weighted by Gasteiger charge is -2.08. The van der Waals surface area contributed by atoms with Gasteiger partial charge in [0.2, 0.25) is 0 Å². The van der Waals surface area contributed by atoms with Crippen LogP contribution in [0.5, 0.6) is 5.75 Å². The van der Waals surface area contributed by atoms with E-state index in [-0.39, 0.29) is 0 Å². The first-order valence-electron chi connectivity index (χ1n) is 4.25. The zero-order chi connectivity index (χ0) is 9.84. The number of phenols is 1. The molecule has 3 N–H and O–H groups in total. The smallest absolute Gasteiger partial charge is 0.118 e. The molecule has 0 unspecified atom stereocenters. The summed E-state index contributed by atoms with van der Waals surface area (Å²) in [5, 5.41) is 9.50. The number of aromatic hydroxyl groups is 1. The second-order valence-electron chi connectivity index (χ2n) is 2.99. The fraction of sp³-hybridized carbons (Fsp3) is 0.400. The van der Waals surface area contributed by atoms with Crippen molar-refractivity contribution in [3.63, 3.8) is 0 Å². The fourth-order valence-electron chi connectivity index (χ4n) is 1.25. The van der Waals surface area contributed by atoms with Gasteiger partial charge in [-0.1, -0.05) is 0 Å². The average molecular weight is 197 g/mol. The highest BCUT2D eigenvalue weighted by atomic mass is 32.2. The number of aryl methyl sites for hydroxylation is 1. The lowest BCUT2D eigenvalue weighted by atomic mass is 10.1. The van der Waals surface area contributed by atoms with Crippen LogP contribution in [0.15, 0.2) is 17.0 Å². The Hall–Kier alpha value is -0.670. The van der Waals surface area contributed by atoms with Crippen molar-refractivity contribution in [2.24, 2.45) is 5.73 Å². The van der Waals surface area contributed by atoms with Crippen molar-refractivity contribution in [2.45, 2.75) is 18.2 Å². The first-order valence-corrected chi connectivity index (χ1v) is 5.48. The molecule has 0 spiro atoms. The van der Waals surface area contributed by atoms with Gasteiger partial charge in [0.25, 0.3) is 0 Å². The Kier molecular flexibility index (Phi) is 3.63. The minimum absolute atomic E-state index is 0.362. The van der Waals surface area contributed by atoms with Crippen LogP contribution in [-0.4, -0.2) is 17.9 Å². The number of hydrogen-bond donors (Lipinski definition) is 2. The maximum atomic E-state index is 9.50. The minimum Gasteiger partial charge on any atom is -0.508 e. The highest BCUT2D eigenvalue weighted by Crippen LogP contribution is 2.27. The molecule has 72 valence electrons. The van der Waals surface area contributed by atoms with Gasteiger partial charge in [0.1, 0.15) is 5.75 Å². The number of phenolic OH excluding ortho intramolecular Hbond substituents is 1. The molecule has 13 heavy (non-hydrogen) atoms. The fourth-order valence-corrected chi connectivity index (χ4v) is 1.97. The van der Waals surface area contributed by atoms with Gasteiger partial charge in [-0.25, -0.2) is 0 Å². The Morgan fingerprint density at radius 3 is 2.69 bits per heavy atom. The quantitative estimate of drug-likeness (QED) is 0.728. The van der Waals surface area contributed by atoms with Gasteiger partial charge in [0.05, 0.1) is 0 Å². The van der Waals surface area contributed by atoms with E-state index >= 15 is 0 Å². The van der Waals surface area contributed by atoms with Crippen molar-refractivity contribution in [1.82, 2.24) is 0 Å². The molecule has 0 fully saturated rings. The summed E-state index contributed by atoms with van der Waals surface area (Å²) >= 11 is 1.69. The first-order chi connectivity index (χ1) is 6.19. The molecule has 0 heterocycles. The van der Waals surface area contributed by atoms with Crippen molar-refractivity contribution >= 4 is 11.8 Å². The van der Waals surface area contributed by atoms with Gasteiger partial charge in [0, 0.05) is 4.90 Å². The Bertz CT molecular complexity index is 299. The normalized spacial score (nSPS) is 10.4. The summed E-state index contributed by atoms with van der Waals surface area (Å²) in [6.07, 6.45) is 2.86. The highest BCUT2D eigenvalue weighted by molar-refractivity contribution is 7.98. The predicted octanol–water partition coefficient (Wildman–Crippen LogP) is 1.92. The van der Waals surface area contributed by atoms with E-state index in [9.17, 15) is 5.11 Å². The molecule has 0 saturated heterocycles. The molecule has 0 aliphatic heterocycles. The van der Waals surface area contributed by atoms with Crippen LogP contribution in [0, 0.1) is 6.92 Å². The van der Waals surface area contributed by atoms with Crippen LogP contribution in [0.1, 0.15) is 11.1 Å². The van der Waals surface area contributed by atoms with Crippen LogP contribution < -0.4 is 5.73 Å². The van der Waals surface area contributed by atoms with Crippen molar-refractivity contribution in [2.75, 3.05) is 12.8 Å². The summed E-state index contributed by atoms with van der Waals surface area (Å²) in [6, 6.07) is 3.82. The van der Waals surface area contributed by atoms with E-state index in [4.69, 9.17) is 5.73 Å². The second-order valence-corrected chi connectivity index (χ2v) is 3.84. The van der Waals surface area contributed by atoms with E-state index in [1.807, 2.05) is 25.3 Å². The summed E-state index contributed by atoms with van der Waals surface area (Å²) in [7, 11) is 0. The molecule has 2 nitrogen and oxygen atoms in total. The summed E-state index contributed by atoms with van der Waals surface area (Å²) < 4.78 is 0. The third-order valence-corrected chi connectivity index (χ3v) is 2.83. The monoisotopic (exact) mass is 197 g/mol. The van der Waals surface area contributed by atoms with E-state index in [2.05, 4.69) is 0 Å². The molecule has 0 aliphatic rings. The Balaban J connectivity index is 3.09. The van der Waals surface area contributed by atoms with Gasteiger partial charge in [-0.3, -0.25) is 0 Å². The Labute approximate surface area is 83.1 Å². The molecule has 0 amide bonds. The molecule has 0 radical (unpaired) electrons. The summed E-state index contributed by atoms with van der Waals surface area (Å²) in [5.41, 5.74) is 7.54. The van der Waals surface area contributed by atoms with E-state index in [0.29, 0.717) is 12.3 Å². The predicted molar refractivity (Wildman–Crippen MR) is 57.4 cm³/mol. The third-order valence-electron chi connectivity index (χ3n) is 2.01. The first kappa shape index (κ1) is 10.4. The van der Waals surface area contributed by atoms with Crippen LogP contribution in [0.2, 0.25) is 0 Å². The largest absolute Gasteiger partial charge is 0.508 e. The summed E-state index contributed by atoms with van der Waals surface area (Å²) in [6.45, 7) is 2.53. The van der Waals surface area contributed by atoms with Crippen LogP contribution in [0.4, 0.5) is 0 Å². The zero-order valence-electron chi connectivity index (χ0n) is 8.00. The van der Waals surface area contributed by atoms with Gasteiger partial charge >= 0.3 is 0 Å². The van der Waals surface area contributed by atoms with E-state index in [1.165, 1.54) is 4.90 Å². The molecular weight excluding hydrogens is 182 g/mol. The van der Waals surface area contributed by atoms with Gasteiger partial charge in [-0.15, -0.1) is 11.8 Å². The molecule has 0 saturated carbocycles.